The first-order chi connectivity index (χ1) is 17.5. The zero-order valence-electron chi connectivity index (χ0n) is 19.8. The number of amides is 3. The highest BCUT2D eigenvalue weighted by Crippen LogP contribution is 2.41. The van der Waals surface area contributed by atoms with E-state index in [-0.39, 0.29) is 43.1 Å². The molecule has 8 heteroatoms. The van der Waals surface area contributed by atoms with Crippen molar-refractivity contribution in [3.63, 3.8) is 0 Å². The van der Waals surface area contributed by atoms with Gasteiger partial charge in [-0.3, -0.25) is 25.2 Å². The number of hydrazine groups is 1. The quantitative estimate of drug-likeness (QED) is 0.351. The van der Waals surface area contributed by atoms with E-state index in [4.69, 9.17) is 4.74 Å². The Balaban J connectivity index is 1.24. The Labute approximate surface area is 208 Å². The van der Waals surface area contributed by atoms with Crippen molar-refractivity contribution in [2.45, 2.75) is 18.9 Å². The van der Waals surface area contributed by atoms with Crippen LogP contribution in [0.25, 0.3) is 10.9 Å². The first-order valence-corrected chi connectivity index (χ1v) is 11.7. The van der Waals surface area contributed by atoms with E-state index in [1.807, 2.05) is 54.7 Å². The average molecular weight is 483 g/mol. The fourth-order valence-corrected chi connectivity index (χ4v) is 4.65. The molecule has 3 N–H and O–H groups in total. The van der Waals surface area contributed by atoms with Gasteiger partial charge in [0.05, 0.1) is 19.6 Å². The van der Waals surface area contributed by atoms with Crippen molar-refractivity contribution in [1.82, 2.24) is 20.7 Å². The van der Waals surface area contributed by atoms with Crippen molar-refractivity contribution in [2.24, 2.45) is 0 Å². The summed E-state index contributed by atoms with van der Waals surface area (Å²) in [6, 6.07) is 22.3. The van der Waals surface area contributed by atoms with Gasteiger partial charge in [-0.15, -0.1) is 0 Å². The minimum Gasteiger partial charge on any atom is -0.497 e. The number of benzene rings is 3. The van der Waals surface area contributed by atoms with Crippen LogP contribution >= 0.6 is 0 Å². The normalized spacial score (nSPS) is 14.5. The maximum absolute atomic E-state index is 13.3. The van der Waals surface area contributed by atoms with Crippen molar-refractivity contribution in [3.05, 3.63) is 101 Å². The third kappa shape index (κ3) is 4.53. The number of para-hydroxylation sites is 1. The first-order valence-electron chi connectivity index (χ1n) is 11.7. The van der Waals surface area contributed by atoms with E-state index in [2.05, 4.69) is 15.8 Å². The van der Waals surface area contributed by atoms with Crippen molar-refractivity contribution >= 4 is 28.6 Å². The van der Waals surface area contributed by atoms with Crippen molar-refractivity contribution in [2.75, 3.05) is 13.7 Å². The van der Waals surface area contributed by atoms with Crippen LogP contribution in [0.3, 0.4) is 0 Å². The number of fused-ring (bicyclic) bond motifs is 2. The summed E-state index contributed by atoms with van der Waals surface area (Å²) < 4.78 is 5.12. The van der Waals surface area contributed by atoms with Crippen molar-refractivity contribution in [3.8, 4) is 5.75 Å². The minimum atomic E-state index is -0.375. The molecule has 0 bridgehead atoms. The lowest BCUT2D eigenvalue weighted by molar-refractivity contribution is -0.128. The predicted octanol–water partition coefficient (Wildman–Crippen LogP) is 3.50. The largest absolute Gasteiger partial charge is 0.497 e. The zero-order chi connectivity index (χ0) is 25.1. The van der Waals surface area contributed by atoms with E-state index in [1.54, 1.807) is 36.3 Å². The number of hydrogen-bond donors (Lipinski definition) is 3. The summed E-state index contributed by atoms with van der Waals surface area (Å²) >= 11 is 0. The molecule has 3 amide bonds. The van der Waals surface area contributed by atoms with E-state index in [0.717, 1.165) is 27.6 Å². The number of carbonyl (C=O) groups is 3. The van der Waals surface area contributed by atoms with Crippen LogP contribution in [0.15, 0.2) is 79.0 Å². The Morgan fingerprint density at radius 3 is 2.44 bits per heavy atom. The fraction of sp³-hybridized carbons (Fsp3) is 0.179. The van der Waals surface area contributed by atoms with Gasteiger partial charge < -0.3 is 14.6 Å². The molecule has 5 rings (SSSR count). The molecule has 0 aliphatic carbocycles. The van der Waals surface area contributed by atoms with Crippen LogP contribution in [0.1, 0.15) is 39.5 Å². The van der Waals surface area contributed by atoms with Gasteiger partial charge in [-0.1, -0.05) is 48.5 Å². The maximum Gasteiger partial charge on any atom is 0.255 e. The van der Waals surface area contributed by atoms with Gasteiger partial charge in [0.25, 0.3) is 5.91 Å². The lowest BCUT2D eigenvalue weighted by atomic mass is 9.97. The van der Waals surface area contributed by atoms with E-state index < -0.39 is 0 Å². The number of ether oxygens (including phenoxy) is 1. The SMILES string of the molecule is COc1ccc(CC(=O)NNC(=O)CCN2C(=O)c3ccccc3[C@@H]2c2c[nH]c3ccccc23)cc1. The molecule has 182 valence electrons. The molecule has 0 unspecified atom stereocenters. The van der Waals surface area contributed by atoms with Crippen molar-refractivity contribution < 1.29 is 19.1 Å². The van der Waals surface area contributed by atoms with Gasteiger partial charge in [0.15, 0.2) is 0 Å². The lowest BCUT2D eigenvalue weighted by Gasteiger charge is -2.25. The summed E-state index contributed by atoms with van der Waals surface area (Å²) in [5.41, 5.74) is 9.23. The standard InChI is InChI=1S/C28H26N4O4/c1-36-19-12-10-18(11-13-19)16-26(34)31-30-25(33)14-15-32-27(21-7-2-3-8-22(21)28(32)35)23-17-29-24-9-5-4-6-20(23)24/h2-13,17,27,29H,14-16H2,1H3,(H,30,33)(H,31,34)/t27-/m1/s1. The molecule has 0 saturated carbocycles. The van der Waals surface area contributed by atoms with Gasteiger partial charge in [-0.05, 0) is 35.4 Å². The van der Waals surface area contributed by atoms with Crippen LogP contribution in [-0.4, -0.2) is 41.3 Å². The number of aromatic amines is 1. The molecule has 0 fully saturated rings. The summed E-state index contributed by atoms with van der Waals surface area (Å²) in [6.07, 6.45) is 2.09. The molecule has 1 aliphatic heterocycles. The smallest absolute Gasteiger partial charge is 0.255 e. The molecule has 0 saturated heterocycles. The van der Waals surface area contributed by atoms with E-state index >= 15 is 0 Å². The number of H-pyrrole nitrogens is 1. The van der Waals surface area contributed by atoms with Crippen molar-refractivity contribution in [1.29, 1.82) is 0 Å². The monoisotopic (exact) mass is 482 g/mol. The average Bonchev–Trinajstić information content (AvgIpc) is 3.45. The molecule has 4 aromatic rings. The summed E-state index contributed by atoms with van der Waals surface area (Å²) in [6.45, 7) is 0.206. The van der Waals surface area contributed by atoms with Gasteiger partial charge >= 0.3 is 0 Å². The van der Waals surface area contributed by atoms with Gasteiger partial charge in [0.2, 0.25) is 11.8 Å². The van der Waals surface area contributed by atoms with Crippen LogP contribution in [0.5, 0.6) is 5.75 Å². The molecular formula is C28H26N4O4. The molecule has 36 heavy (non-hydrogen) atoms. The zero-order valence-corrected chi connectivity index (χ0v) is 19.8. The van der Waals surface area contributed by atoms with Gasteiger partial charge in [0.1, 0.15) is 5.75 Å². The maximum atomic E-state index is 13.3. The molecule has 1 aliphatic rings. The summed E-state index contributed by atoms with van der Waals surface area (Å²) in [5.74, 6) is -0.122. The van der Waals surface area contributed by atoms with Gasteiger partial charge in [-0.2, -0.15) is 0 Å². The number of nitrogens with zero attached hydrogens (tertiary/aromatic N) is 1. The molecule has 1 aromatic heterocycles. The molecular weight excluding hydrogens is 456 g/mol. The fourth-order valence-electron chi connectivity index (χ4n) is 4.65. The Bertz CT molecular complexity index is 1430. The highest BCUT2D eigenvalue weighted by atomic mass is 16.5. The number of carbonyl (C=O) groups excluding carboxylic acids is 3. The first kappa shape index (κ1) is 23.2. The topological polar surface area (TPSA) is 104 Å². The highest BCUT2D eigenvalue weighted by molar-refractivity contribution is 6.01. The number of rotatable bonds is 7. The van der Waals surface area contributed by atoms with Crippen LogP contribution in [0.2, 0.25) is 0 Å². The van der Waals surface area contributed by atoms with Crippen LogP contribution in [0.4, 0.5) is 0 Å². The second-order valence-corrected chi connectivity index (χ2v) is 8.65. The minimum absolute atomic E-state index is 0.0431. The Hall–Kier alpha value is -4.59. The third-order valence-electron chi connectivity index (χ3n) is 6.42. The molecule has 8 nitrogen and oxygen atoms in total. The van der Waals surface area contributed by atoms with Crippen LogP contribution < -0.4 is 15.6 Å². The third-order valence-corrected chi connectivity index (χ3v) is 6.42. The molecule has 0 spiro atoms. The molecule has 0 radical (unpaired) electrons. The second-order valence-electron chi connectivity index (χ2n) is 8.65. The molecule has 3 aromatic carbocycles. The Morgan fingerprint density at radius 2 is 1.64 bits per heavy atom. The summed E-state index contributed by atoms with van der Waals surface area (Å²) in [5, 5.41) is 1.03. The van der Waals surface area contributed by atoms with Crippen LogP contribution in [-0.2, 0) is 16.0 Å². The summed E-state index contributed by atoms with van der Waals surface area (Å²) in [4.78, 5) is 43.1. The van der Waals surface area contributed by atoms with Crippen LogP contribution in [0, 0.1) is 0 Å². The van der Waals surface area contributed by atoms with Gasteiger partial charge in [0, 0.05) is 41.2 Å². The second kappa shape index (κ2) is 9.95. The number of nitrogens with one attached hydrogen (secondary N) is 3. The lowest BCUT2D eigenvalue weighted by Crippen LogP contribution is -2.43. The predicted molar refractivity (Wildman–Crippen MR) is 135 cm³/mol. The number of methoxy groups -OCH3 is 1. The van der Waals surface area contributed by atoms with E-state index in [1.165, 1.54) is 0 Å². The van der Waals surface area contributed by atoms with E-state index in [9.17, 15) is 14.4 Å². The molecule has 2 heterocycles. The van der Waals surface area contributed by atoms with Gasteiger partial charge in [-0.25, -0.2) is 0 Å². The summed E-state index contributed by atoms with van der Waals surface area (Å²) in [7, 11) is 1.58. The van der Waals surface area contributed by atoms with E-state index in [0.29, 0.717) is 11.3 Å². The molecule has 1 atom stereocenters. The Morgan fingerprint density at radius 1 is 0.917 bits per heavy atom. The number of hydrogen-bond acceptors (Lipinski definition) is 4. The Kier molecular flexibility index (Phi) is 6.40. The highest BCUT2D eigenvalue weighted by Gasteiger charge is 2.38. The number of aromatic nitrogens is 1.